The molecule has 1 aromatic carbocycles. The summed E-state index contributed by atoms with van der Waals surface area (Å²) in [6, 6.07) is 10.2. The molecule has 4 heteroatoms. The summed E-state index contributed by atoms with van der Waals surface area (Å²) in [5.74, 6) is 0.742. The van der Waals surface area contributed by atoms with Crippen LogP contribution in [-0.2, 0) is 0 Å². The average molecular weight is 325 g/mol. The smallest absolute Gasteiger partial charge is 0.229 e. The van der Waals surface area contributed by atoms with E-state index in [1.807, 2.05) is 6.07 Å². The molecule has 0 aliphatic carbocycles. The molecular weight excluding hydrogens is 313 g/mol. The van der Waals surface area contributed by atoms with Gasteiger partial charge in [0, 0.05) is 28.2 Å². The zero-order valence-corrected chi connectivity index (χ0v) is 11.1. The lowest BCUT2D eigenvalue weighted by Gasteiger charge is -2.20. The summed E-state index contributed by atoms with van der Waals surface area (Å²) in [6.07, 6.45) is 3.52. The molecule has 0 aliphatic heterocycles. The molecule has 0 aliphatic rings. The molecule has 82 valence electrons. The van der Waals surface area contributed by atoms with Crippen molar-refractivity contribution in [1.82, 2.24) is 9.97 Å². The summed E-state index contributed by atoms with van der Waals surface area (Å²) >= 11 is 2.30. The highest BCUT2D eigenvalue weighted by molar-refractivity contribution is 14.1. The van der Waals surface area contributed by atoms with Crippen molar-refractivity contribution in [1.29, 1.82) is 0 Å². The maximum Gasteiger partial charge on any atom is 0.229 e. The molecule has 0 bridgehead atoms. The molecule has 2 aromatic rings. The highest BCUT2D eigenvalue weighted by atomic mass is 127. The lowest BCUT2D eigenvalue weighted by atomic mass is 10.3. The van der Waals surface area contributed by atoms with Crippen LogP contribution in [0.2, 0.25) is 0 Å². The van der Waals surface area contributed by atoms with Crippen molar-refractivity contribution in [3.05, 3.63) is 46.3 Å². The van der Waals surface area contributed by atoms with Gasteiger partial charge >= 0.3 is 0 Å². The van der Waals surface area contributed by atoms with Crippen LogP contribution in [0.5, 0.6) is 0 Å². The zero-order valence-electron chi connectivity index (χ0n) is 8.97. The zero-order chi connectivity index (χ0) is 11.4. The highest BCUT2D eigenvalue weighted by Gasteiger charge is 2.08. The molecule has 0 N–H and O–H groups in total. The number of aromatic nitrogens is 2. The fourth-order valence-electron chi connectivity index (χ4n) is 1.49. The first-order valence-electron chi connectivity index (χ1n) is 5.11. The van der Waals surface area contributed by atoms with E-state index in [0.717, 1.165) is 18.2 Å². The first-order chi connectivity index (χ1) is 7.81. The summed E-state index contributed by atoms with van der Waals surface area (Å²) in [7, 11) is 0. The maximum absolute atomic E-state index is 4.26. The van der Waals surface area contributed by atoms with Gasteiger partial charge in [-0.2, -0.15) is 0 Å². The predicted molar refractivity (Wildman–Crippen MR) is 73.9 cm³/mol. The summed E-state index contributed by atoms with van der Waals surface area (Å²) < 4.78 is 1.23. The van der Waals surface area contributed by atoms with Crippen LogP contribution < -0.4 is 4.90 Å². The number of hydrogen-bond acceptors (Lipinski definition) is 3. The van der Waals surface area contributed by atoms with E-state index in [1.165, 1.54) is 3.57 Å². The van der Waals surface area contributed by atoms with Crippen molar-refractivity contribution in [2.45, 2.75) is 6.92 Å². The maximum atomic E-state index is 4.26. The van der Waals surface area contributed by atoms with E-state index >= 15 is 0 Å². The van der Waals surface area contributed by atoms with Crippen molar-refractivity contribution in [2.75, 3.05) is 11.4 Å². The molecule has 1 heterocycles. The number of halogens is 1. The molecule has 0 saturated carbocycles. The summed E-state index contributed by atoms with van der Waals surface area (Å²) in [4.78, 5) is 10.6. The second-order valence-electron chi connectivity index (χ2n) is 3.27. The van der Waals surface area contributed by atoms with Crippen LogP contribution in [0.4, 0.5) is 11.6 Å². The largest absolute Gasteiger partial charge is 0.311 e. The van der Waals surface area contributed by atoms with Gasteiger partial charge in [-0.1, -0.05) is 0 Å². The first-order valence-corrected chi connectivity index (χ1v) is 6.19. The Labute approximate surface area is 109 Å². The van der Waals surface area contributed by atoms with E-state index in [9.17, 15) is 0 Å². The molecular formula is C12H12IN3. The van der Waals surface area contributed by atoms with Crippen molar-refractivity contribution in [3.8, 4) is 0 Å². The van der Waals surface area contributed by atoms with Crippen LogP contribution in [0.25, 0.3) is 0 Å². The Kier molecular flexibility index (Phi) is 3.71. The molecule has 2 rings (SSSR count). The standard InChI is InChI=1S/C12H12IN3/c1-2-16(12-14-8-3-9-15-12)11-6-4-10(13)5-7-11/h3-9H,2H2,1H3. The first kappa shape index (κ1) is 11.3. The second-order valence-corrected chi connectivity index (χ2v) is 4.52. The van der Waals surface area contributed by atoms with Gasteiger partial charge in [0.05, 0.1) is 0 Å². The van der Waals surface area contributed by atoms with Gasteiger partial charge in [0.2, 0.25) is 5.95 Å². The van der Waals surface area contributed by atoms with E-state index < -0.39 is 0 Å². The molecule has 16 heavy (non-hydrogen) atoms. The lowest BCUT2D eigenvalue weighted by Crippen LogP contribution is -2.18. The Morgan fingerprint density at radius 3 is 2.31 bits per heavy atom. The van der Waals surface area contributed by atoms with E-state index in [2.05, 4.69) is 68.6 Å². The Morgan fingerprint density at radius 1 is 1.12 bits per heavy atom. The number of benzene rings is 1. The Bertz CT molecular complexity index is 442. The van der Waals surface area contributed by atoms with Crippen LogP contribution in [0.3, 0.4) is 0 Å². The molecule has 1 aromatic heterocycles. The molecule has 3 nitrogen and oxygen atoms in total. The van der Waals surface area contributed by atoms with Crippen LogP contribution in [0.1, 0.15) is 6.92 Å². The second kappa shape index (κ2) is 5.25. The number of hydrogen-bond donors (Lipinski definition) is 0. The molecule has 0 amide bonds. The van der Waals surface area contributed by atoms with Crippen molar-refractivity contribution < 1.29 is 0 Å². The Morgan fingerprint density at radius 2 is 1.75 bits per heavy atom. The molecule has 0 spiro atoms. The minimum absolute atomic E-state index is 0.742. The normalized spacial score (nSPS) is 10.1. The lowest BCUT2D eigenvalue weighted by molar-refractivity contribution is 0.946. The number of anilines is 2. The van der Waals surface area contributed by atoms with Crippen LogP contribution >= 0.6 is 22.6 Å². The summed E-state index contributed by atoms with van der Waals surface area (Å²) in [5.41, 5.74) is 1.12. The third-order valence-corrected chi connectivity index (χ3v) is 2.97. The van der Waals surface area contributed by atoms with Crippen molar-refractivity contribution in [2.24, 2.45) is 0 Å². The SMILES string of the molecule is CCN(c1ccc(I)cc1)c1ncccn1. The molecule has 0 atom stereocenters. The van der Waals surface area contributed by atoms with E-state index in [0.29, 0.717) is 0 Å². The third kappa shape index (κ3) is 2.49. The van der Waals surface area contributed by atoms with Crippen molar-refractivity contribution >= 4 is 34.2 Å². The number of nitrogens with zero attached hydrogens (tertiary/aromatic N) is 3. The van der Waals surface area contributed by atoms with Gasteiger partial charge in [-0.25, -0.2) is 9.97 Å². The average Bonchev–Trinajstić information content (AvgIpc) is 2.34. The molecule has 0 saturated heterocycles. The molecule has 0 unspecified atom stereocenters. The quantitative estimate of drug-likeness (QED) is 0.812. The Balaban J connectivity index is 2.33. The van der Waals surface area contributed by atoms with Crippen LogP contribution in [0, 0.1) is 3.57 Å². The van der Waals surface area contributed by atoms with Crippen molar-refractivity contribution in [3.63, 3.8) is 0 Å². The van der Waals surface area contributed by atoms with Gasteiger partial charge in [0.15, 0.2) is 0 Å². The van der Waals surface area contributed by atoms with Gasteiger partial charge in [0.1, 0.15) is 0 Å². The highest BCUT2D eigenvalue weighted by Crippen LogP contribution is 2.21. The van der Waals surface area contributed by atoms with Crippen LogP contribution in [-0.4, -0.2) is 16.5 Å². The van der Waals surface area contributed by atoms with E-state index in [4.69, 9.17) is 0 Å². The third-order valence-electron chi connectivity index (χ3n) is 2.25. The fraction of sp³-hybridized carbons (Fsp3) is 0.167. The predicted octanol–water partition coefficient (Wildman–Crippen LogP) is 3.24. The van der Waals surface area contributed by atoms with E-state index in [1.54, 1.807) is 12.4 Å². The van der Waals surface area contributed by atoms with Gasteiger partial charge in [-0.3, -0.25) is 0 Å². The van der Waals surface area contributed by atoms with Crippen LogP contribution in [0.15, 0.2) is 42.7 Å². The Hall–Kier alpha value is -1.17. The molecule has 0 radical (unpaired) electrons. The van der Waals surface area contributed by atoms with E-state index in [-0.39, 0.29) is 0 Å². The van der Waals surface area contributed by atoms with Gasteiger partial charge in [-0.15, -0.1) is 0 Å². The van der Waals surface area contributed by atoms with Gasteiger partial charge < -0.3 is 4.90 Å². The minimum atomic E-state index is 0.742. The summed E-state index contributed by atoms with van der Waals surface area (Å²) in [5, 5.41) is 0. The number of rotatable bonds is 3. The fourth-order valence-corrected chi connectivity index (χ4v) is 1.85. The minimum Gasteiger partial charge on any atom is -0.311 e. The topological polar surface area (TPSA) is 29.0 Å². The van der Waals surface area contributed by atoms with Gasteiger partial charge in [-0.05, 0) is 59.8 Å². The van der Waals surface area contributed by atoms with Gasteiger partial charge in [0.25, 0.3) is 0 Å². The monoisotopic (exact) mass is 325 g/mol. The summed E-state index contributed by atoms with van der Waals surface area (Å²) in [6.45, 7) is 2.94. The molecule has 0 fully saturated rings.